The number of amides is 2. The van der Waals surface area contributed by atoms with Crippen molar-refractivity contribution in [3.8, 4) is 0 Å². The highest BCUT2D eigenvalue weighted by molar-refractivity contribution is 9.10. The zero-order valence-electron chi connectivity index (χ0n) is 12.6. The van der Waals surface area contributed by atoms with E-state index in [0.29, 0.717) is 19.5 Å². The van der Waals surface area contributed by atoms with Crippen molar-refractivity contribution in [1.82, 2.24) is 10.2 Å². The van der Waals surface area contributed by atoms with Crippen molar-refractivity contribution in [3.63, 3.8) is 0 Å². The summed E-state index contributed by atoms with van der Waals surface area (Å²) in [6, 6.07) is 7.80. The van der Waals surface area contributed by atoms with Gasteiger partial charge < -0.3 is 15.1 Å². The normalized spacial score (nSPS) is 25.6. The standard InChI is InChI=1S/C16H20BrN3O2/c1-11-10-18-6-8-19(11)15(21)14-5-7-20(16(14)22)13-4-2-3-12(17)9-13/h2-4,9,11,14,18H,5-8,10H2,1H3/t11-,14?/m1/s1. The SMILES string of the molecule is C[C@@H]1CNCCN1C(=O)C1CCN(c2cccc(Br)c2)C1=O. The Morgan fingerprint density at radius 2 is 2.18 bits per heavy atom. The molecule has 0 aliphatic carbocycles. The first-order chi connectivity index (χ1) is 10.6. The van der Waals surface area contributed by atoms with Gasteiger partial charge in [-0.2, -0.15) is 0 Å². The Bertz CT molecular complexity index is 593. The number of nitrogens with one attached hydrogen (secondary N) is 1. The molecule has 2 aliphatic rings. The number of piperazine rings is 1. The summed E-state index contributed by atoms with van der Waals surface area (Å²) in [5, 5.41) is 3.27. The summed E-state index contributed by atoms with van der Waals surface area (Å²) in [4.78, 5) is 28.9. The number of nitrogens with zero attached hydrogens (tertiary/aromatic N) is 2. The predicted molar refractivity (Wildman–Crippen MR) is 88.6 cm³/mol. The summed E-state index contributed by atoms with van der Waals surface area (Å²) in [6.07, 6.45) is 0.598. The van der Waals surface area contributed by atoms with Gasteiger partial charge >= 0.3 is 0 Å². The molecule has 0 bridgehead atoms. The fourth-order valence-corrected chi connectivity index (χ4v) is 3.57. The number of halogens is 1. The Morgan fingerprint density at radius 1 is 1.36 bits per heavy atom. The van der Waals surface area contributed by atoms with E-state index >= 15 is 0 Å². The van der Waals surface area contributed by atoms with Crippen LogP contribution in [0.1, 0.15) is 13.3 Å². The van der Waals surface area contributed by atoms with Crippen molar-refractivity contribution in [2.75, 3.05) is 31.1 Å². The van der Waals surface area contributed by atoms with Gasteiger partial charge in [0.2, 0.25) is 11.8 Å². The first-order valence-electron chi connectivity index (χ1n) is 7.66. The largest absolute Gasteiger partial charge is 0.337 e. The van der Waals surface area contributed by atoms with Crippen LogP contribution in [0.4, 0.5) is 5.69 Å². The summed E-state index contributed by atoms with van der Waals surface area (Å²) >= 11 is 3.42. The van der Waals surface area contributed by atoms with Crippen LogP contribution in [0.15, 0.2) is 28.7 Å². The highest BCUT2D eigenvalue weighted by Gasteiger charge is 2.41. The third-order valence-electron chi connectivity index (χ3n) is 4.41. The second kappa shape index (κ2) is 6.38. The molecule has 0 aromatic heterocycles. The quantitative estimate of drug-likeness (QED) is 0.810. The van der Waals surface area contributed by atoms with Crippen LogP contribution < -0.4 is 10.2 Å². The summed E-state index contributed by atoms with van der Waals surface area (Å²) < 4.78 is 0.934. The molecule has 1 N–H and O–H groups in total. The summed E-state index contributed by atoms with van der Waals surface area (Å²) in [5.41, 5.74) is 0.850. The maximum Gasteiger partial charge on any atom is 0.239 e. The van der Waals surface area contributed by atoms with Crippen LogP contribution in [0.5, 0.6) is 0 Å². The van der Waals surface area contributed by atoms with Gasteiger partial charge in [0.25, 0.3) is 0 Å². The topological polar surface area (TPSA) is 52.7 Å². The lowest BCUT2D eigenvalue weighted by molar-refractivity contribution is -0.142. The average molecular weight is 366 g/mol. The van der Waals surface area contributed by atoms with Gasteiger partial charge in [-0.25, -0.2) is 0 Å². The van der Waals surface area contributed by atoms with E-state index in [0.717, 1.165) is 23.2 Å². The van der Waals surface area contributed by atoms with E-state index in [1.54, 1.807) is 4.90 Å². The lowest BCUT2D eigenvalue weighted by Gasteiger charge is -2.35. The number of anilines is 1. The molecule has 0 radical (unpaired) electrons. The molecule has 1 aromatic rings. The van der Waals surface area contributed by atoms with Gasteiger partial charge in [0, 0.05) is 42.4 Å². The third-order valence-corrected chi connectivity index (χ3v) is 4.90. The smallest absolute Gasteiger partial charge is 0.239 e. The van der Waals surface area contributed by atoms with Crippen LogP contribution >= 0.6 is 15.9 Å². The number of hydrogen-bond donors (Lipinski definition) is 1. The number of carbonyl (C=O) groups excluding carboxylic acids is 2. The minimum atomic E-state index is -0.528. The molecule has 2 aliphatic heterocycles. The van der Waals surface area contributed by atoms with Crippen LogP contribution in [-0.2, 0) is 9.59 Å². The van der Waals surface area contributed by atoms with E-state index in [9.17, 15) is 9.59 Å². The molecule has 2 heterocycles. The molecule has 118 valence electrons. The average Bonchev–Trinajstić information content (AvgIpc) is 2.89. The number of carbonyl (C=O) groups is 2. The van der Waals surface area contributed by atoms with Crippen molar-refractivity contribution in [3.05, 3.63) is 28.7 Å². The first-order valence-corrected chi connectivity index (χ1v) is 8.45. The van der Waals surface area contributed by atoms with Crippen LogP contribution in [0, 0.1) is 5.92 Å². The van der Waals surface area contributed by atoms with Crippen molar-refractivity contribution in [2.45, 2.75) is 19.4 Å². The van der Waals surface area contributed by atoms with E-state index in [1.807, 2.05) is 36.1 Å². The van der Waals surface area contributed by atoms with Gasteiger partial charge in [0.15, 0.2) is 0 Å². The molecule has 5 nitrogen and oxygen atoms in total. The lowest BCUT2D eigenvalue weighted by Crippen LogP contribution is -2.54. The Hall–Kier alpha value is -1.40. The van der Waals surface area contributed by atoms with Crippen LogP contribution in [0.3, 0.4) is 0 Å². The molecule has 2 saturated heterocycles. The molecule has 1 unspecified atom stereocenters. The number of rotatable bonds is 2. The first kappa shape index (κ1) is 15.5. The maximum atomic E-state index is 12.7. The molecule has 2 fully saturated rings. The van der Waals surface area contributed by atoms with Crippen LogP contribution in [0.25, 0.3) is 0 Å². The molecule has 22 heavy (non-hydrogen) atoms. The zero-order valence-corrected chi connectivity index (χ0v) is 14.2. The summed E-state index contributed by atoms with van der Waals surface area (Å²) in [7, 11) is 0. The van der Waals surface area contributed by atoms with Crippen molar-refractivity contribution < 1.29 is 9.59 Å². The Morgan fingerprint density at radius 3 is 2.91 bits per heavy atom. The van der Waals surface area contributed by atoms with Gasteiger partial charge in [-0.3, -0.25) is 9.59 Å². The highest BCUT2D eigenvalue weighted by Crippen LogP contribution is 2.28. The number of hydrogen-bond acceptors (Lipinski definition) is 3. The van der Waals surface area contributed by atoms with E-state index in [2.05, 4.69) is 21.2 Å². The van der Waals surface area contributed by atoms with Gasteiger partial charge in [0.1, 0.15) is 5.92 Å². The Balaban J connectivity index is 1.74. The molecule has 1 aromatic carbocycles. The lowest BCUT2D eigenvalue weighted by atomic mass is 10.0. The monoisotopic (exact) mass is 365 g/mol. The molecule has 2 atom stereocenters. The highest BCUT2D eigenvalue weighted by atomic mass is 79.9. The Labute approximate surface area is 138 Å². The zero-order chi connectivity index (χ0) is 15.7. The van der Waals surface area contributed by atoms with Gasteiger partial charge in [-0.15, -0.1) is 0 Å². The van der Waals surface area contributed by atoms with Crippen molar-refractivity contribution in [2.24, 2.45) is 5.92 Å². The fraction of sp³-hybridized carbons (Fsp3) is 0.500. The molecule has 0 saturated carbocycles. The molecule has 3 rings (SSSR count). The number of benzene rings is 1. The van der Waals surface area contributed by atoms with E-state index in [-0.39, 0.29) is 17.9 Å². The van der Waals surface area contributed by atoms with Crippen LogP contribution in [0.2, 0.25) is 0 Å². The van der Waals surface area contributed by atoms with Gasteiger partial charge in [-0.1, -0.05) is 22.0 Å². The molecular weight excluding hydrogens is 346 g/mol. The molecular formula is C16H20BrN3O2. The van der Waals surface area contributed by atoms with E-state index in [1.165, 1.54) is 0 Å². The summed E-state index contributed by atoms with van der Waals surface area (Å²) in [6.45, 7) is 4.90. The fourth-order valence-electron chi connectivity index (χ4n) is 3.18. The van der Waals surface area contributed by atoms with Crippen molar-refractivity contribution >= 4 is 33.4 Å². The minimum Gasteiger partial charge on any atom is -0.337 e. The Kier molecular flexibility index (Phi) is 4.49. The summed E-state index contributed by atoms with van der Waals surface area (Å²) in [5.74, 6) is -0.620. The maximum absolute atomic E-state index is 12.7. The van der Waals surface area contributed by atoms with E-state index in [4.69, 9.17) is 0 Å². The third kappa shape index (κ3) is 2.90. The van der Waals surface area contributed by atoms with Crippen LogP contribution in [-0.4, -0.2) is 48.9 Å². The molecule has 0 spiro atoms. The molecule has 2 amide bonds. The van der Waals surface area contributed by atoms with Gasteiger partial charge in [-0.05, 0) is 31.5 Å². The predicted octanol–water partition coefficient (Wildman–Crippen LogP) is 1.62. The van der Waals surface area contributed by atoms with Gasteiger partial charge in [0.05, 0.1) is 0 Å². The second-order valence-electron chi connectivity index (χ2n) is 5.90. The minimum absolute atomic E-state index is 0.0171. The molecule has 6 heteroatoms. The van der Waals surface area contributed by atoms with Crippen molar-refractivity contribution in [1.29, 1.82) is 0 Å². The van der Waals surface area contributed by atoms with E-state index < -0.39 is 5.92 Å². The second-order valence-corrected chi connectivity index (χ2v) is 6.81.